The molecule has 2 aromatic carbocycles. The number of amides is 1. The summed E-state index contributed by atoms with van der Waals surface area (Å²) in [6.07, 6.45) is 3.10. The number of benzene rings is 2. The van der Waals surface area contributed by atoms with Gasteiger partial charge in [0.05, 0.1) is 11.3 Å². The molecule has 1 amide bonds. The van der Waals surface area contributed by atoms with Gasteiger partial charge in [0, 0.05) is 56.7 Å². The summed E-state index contributed by atoms with van der Waals surface area (Å²) in [7, 11) is -1.77. The van der Waals surface area contributed by atoms with Crippen LogP contribution in [0.2, 0.25) is 0 Å². The van der Waals surface area contributed by atoms with Crippen LogP contribution in [0.15, 0.2) is 84.0 Å². The molecule has 9 heteroatoms. The van der Waals surface area contributed by atoms with Crippen LogP contribution in [-0.4, -0.2) is 66.7 Å². The van der Waals surface area contributed by atoms with Gasteiger partial charge in [0.25, 0.3) is 5.91 Å². The standard InChI is InChI=1S/C25H25N5O3S/c1-28(19-8-3-2-4-9-19)22-12-6-5-10-20(22)25(31)29-14-16-30(17-15-29)34(32,33)23-18-27-24-21(23)11-7-13-26-24/h2-13,18H,14-17H2,1H3,(H,26,27). The minimum absolute atomic E-state index is 0.105. The molecule has 5 rings (SSSR count). The molecule has 1 saturated heterocycles. The van der Waals surface area contributed by atoms with E-state index >= 15 is 0 Å². The molecule has 1 aliphatic heterocycles. The minimum atomic E-state index is -3.70. The summed E-state index contributed by atoms with van der Waals surface area (Å²) < 4.78 is 28.0. The van der Waals surface area contributed by atoms with Gasteiger partial charge >= 0.3 is 0 Å². The van der Waals surface area contributed by atoms with E-state index in [9.17, 15) is 13.2 Å². The number of aromatic amines is 1. The lowest BCUT2D eigenvalue weighted by Crippen LogP contribution is -2.50. The van der Waals surface area contributed by atoms with Crippen LogP contribution < -0.4 is 4.90 Å². The SMILES string of the molecule is CN(c1ccccc1)c1ccccc1C(=O)N1CCN(S(=O)(=O)c2c[nH]c3ncccc23)CC1. The van der Waals surface area contributed by atoms with Crippen LogP contribution >= 0.6 is 0 Å². The van der Waals surface area contributed by atoms with E-state index in [-0.39, 0.29) is 23.9 Å². The van der Waals surface area contributed by atoms with Crippen LogP contribution in [-0.2, 0) is 10.0 Å². The first-order valence-electron chi connectivity index (χ1n) is 11.1. The van der Waals surface area contributed by atoms with Crippen molar-refractivity contribution in [2.24, 2.45) is 0 Å². The summed E-state index contributed by atoms with van der Waals surface area (Å²) in [5.74, 6) is -0.105. The van der Waals surface area contributed by atoms with E-state index in [0.29, 0.717) is 29.7 Å². The monoisotopic (exact) mass is 475 g/mol. The van der Waals surface area contributed by atoms with Crippen molar-refractivity contribution in [3.05, 3.63) is 84.7 Å². The number of para-hydroxylation sites is 2. The van der Waals surface area contributed by atoms with Crippen molar-refractivity contribution >= 4 is 38.3 Å². The van der Waals surface area contributed by atoms with Crippen LogP contribution in [0.3, 0.4) is 0 Å². The maximum atomic E-state index is 13.4. The molecule has 174 valence electrons. The summed E-state index contributed by atoms with van der Waals surface area (Å²) in [5.41, 5.74) is 2.91. The van der Waals surface area contributed by atoms with Crippen molar-refractivity contribution in [1.29, 1.82) is 0 Å². The molecule has 0 spiro atoms. The number of carbonyl (C=O) groups is 1. The van der Waals surface area contributed by atoms with Crippen molar-refractivity contribution in [3.63, 3.8) is 0 Å². The van der Waals surface area contributed by atoms with Crippen molar-refractivity contribution in [2.75, 3.05) is 38.1 Å². The summed E-state index contributed by atoms with van der Waals surface area (Å²) >= 11 is 0. The third kappa shape index (κ3) is 3.93. The molecule has 1 N–H and O–H groups in total. The first-order valence-corrected chi connectivity index (χ1v) is 12.5. The van der Waals surface area contributed by atoms with Gasteiger partial charge in [0.1, 0.15) is 10.5 Å². The Balaban J connectivity index is 1.33. The highest BCUT2D eigenvalue weighted by Crippen LogP contribution is 2.29. The molecule has 2 aromatic heterocycles. The largest absolute Gasteiger partial charge is 0.345 e. The molecule has 0 unspecified atom stereocenters. The Hall–Kier alpha value is -3.69. The van der Waals surface area contributed by atoms with Gasteiger partial charge in [-0.05, 0) is 36.4 Å². The van der Waals surface area contributed by atoms with Crippen molar-refractivity contribution in [1.82, 2.24) is 19.2 Å². The zero-order valence-corrected chi connectivity index (χ0v) is 19.6. The van der Waals surface area contributed by atoms with Gasteiger partial charge in [-0.15, -0.1) is 0 Å². The van der Waals surface area contributed by atoms with Crippen LogP contribution in [0.1, 0.15) is 10.4 Å². The number of hydrogen-bond acceptors (Lipinski definition) is 5. The molecule has 0 aliphatic carbocycles. The number of piperazine rings is 1. The second-order valence-corrected chi connectivity index (χ2v) is 10.1. The van der Waals surface area contributed by atoms with E-state index in [1.54, 1.807) is 23.2 Å². The fourth-order valence-electron chi connectivity index (χ4n) is 4.32. The molecule has 0 radical (unpaired) electrons. The Morgan fingerprint density at radius 2 is 1.65 bits per heavy atom. The number of anilines is 2. The fourth-order valence-corrected chi connectivity index (χ4v) is 5.90. The van der Waals surface area contributed by atoms with Gasteiger partial charge in [0.15, 0.2) is 0 Å². The van der Waals surface area contributed by atoms with E-state index in [4.69, 9.17) is 0 Å². The second kappa shape index (κ2) is 8.92. The Morgan fingerprint density at radius 3 is 2.41 bits per heavy atom. The van der Waals surface area contributed by atoms with E-state index in [1.165, 1.54) is 10.5 Å². The van der Waals surface area contributed by atoms with E-state index in [1.807, 2.05) is 66.5 Å². The number of hydrogen-bond donors (Lipinski definition) is 1. The number of sulfonamides is 1. The molecule has 0 saturated carbocycles. The number of nitrogens with zero attached hydrogens (tertiary/aromatic N) is 4. The molecular formula is C25H25N5O3S. The third-order valence-electron chi connectivity index (χ3n) is 6.20. The van der Waals surface area contributed by atoms with Crippen LogP contribution in [0.4, 0.5) is 11.4 Å². The third-order valence-corrected chi connectivity index (χ3v) is 8.13. The highest BCUT2D eigenvalue weighted by molar-refractivity contribution is 7.89. The number of rotatable bonds is 5. The average Bonchev–Trinajstić information content (AvgIpc) is 3.34. The first kappa shape index (κ1) is 22.1. The number of nitrogens with one attached hydrogen (secondary N) is 1. The summed E-state index contributed by atoms with van der Waals surface area (Å²) in [4.78, 5) is 24.5. The summed E-state index contributed by atoms with van der Waals surface area (Å²) in [5, 5.41) is 0.568. The number of aromatic nitrogens is 2. The number of pyridine rings is 1. The van der Waals surface area contributed by atoms with E-state index in [2.05, 4.69) is 9.97 Å². The van der Waals surface area contributed by atoms with Gasteiger partial charge in [-0.2, -0.15) is 4.31 Å². The van der Waals surface area contributed by atoms with Gasteiger partial charge in [0.2, 0.25) is 10.0 Å². The zero-order chi connectivity index (χ0) is 23.7. The Bertz CT molecular complexity index is 1430. The van der Waals surface area contributed by atoms with E-state index < -0.39 is 10.0 Å². The lowest BCUT2D eigenvalue weighted by Gasteiger charge is -2.34. The Kier molecular flexibility index (Phi) is 5.80. The maximum Gasteiger partial charge on any atom is 0.256 e. The van der Waals surface area contributed by atoms with Gasteiger partial charge < -0.3 is 14.8 Å². The maximum absolute atomic E-state index is 13.4. The molecule has 1 fully saturated rings. The molecule has 1 aliphatic rings. The lowest BCUT2D eigenvalue weighted by molar-refractivity contribution is 0.0698. The molecule has 34 heavy (non-hydrogen) atoms. The summed E-state index contributed by atoms with van der Waals surface area (Å²) in [6.45, 7) is 1.11. The predicted octanol–water partition coefficient (Wildman–Crippen LogP) is 3.48. The van der Waals surface area contributed by atoms with Crippen molar-refractivity contribution < 1.29 is 13.2 Å². The van der Waals surface area contributed by atoms with Crippen molar-refractivity contribution in [3.8, 4) is 0 Å². The molecule has 0 bridgehead atoms. The topological polar surface area (TPSA) is 89.6 Å². The highest BCUT2D eigenvalue weighted by Gasteiger charge is 2.32. The number of fused-ring (bicyclic) bond motifs is 1. The number of carbonyl (C=O) groups excluding carboxylic acids is 1. The average molecular weight is 476 g/mol. The predicted molar refractivity (Wildman–Crippen MR) is 132 cm³/mol. The highest BCUT2D eigenvalue weighted by atomic mass is 32.2. The van der Waals surface area contributed by atoms with Gasteiger partial charge in [-0.3, -0.25) is 4.79 Å². The molecule has 3 heterocycles. The van der Waals surface area contributed by atoms with Crippen LogP contribution in [0, 0.1) is 0 Å². The first-order chi connectivity index (χ1) is 16.5. The Labute approximate surface area is 198 Å². The van der Waals surface area contributed by atoms with E-state index in [0.717, 1.165) is 11.4 Å². The van der Waals surface area contributed by atoms with Crippen molar-refractivity contribution in [2.45, 2.75) is 4.90 Å². The zero-order valence-electron chi connectivity index (χ0n) is 18.8. The van der Waals surface area contributed by atoms with Crippen LogP contribution in [0.25, 0.3) is 11.0 Å². The molecule has 8 nitrogen and oxygen atoms in total. The number of H-pyrrole nitrogens is 1. The fraction of sp³-hybridized carbons (Fsp3) is 0.200. The molecule has 4 aromatic rings. The summed E-state index contributed by atoms with van der Waals surface area (Å²) in [6, 6.07) is 20.8. The van der Waals surface area contributed by atoms with Gasteiger partial charge in [-0.1, -0.05) is 30.3 Å². The smallest absolute Gasteiger partial charge is 0.256 e. The second-order valence-electron chi connectivity index (χ2n) is 8.16. The Morgan fingerprint density at radius 1 is 0.941 bits per heavy atom. The molecule has 0 atom stereocenters. The van der Waals surface area contributed by atoms with Gasteiger partial charge in [-0.25, -0.2) is 13.4 Å². The van der Waals surface area contributed by atoms with Crippen LogP contribution in [0.5, 0.6) is 0 Å². The minimum Gasteiger partial charge on any atom is -0.345 e. The molecular weight excluding hydrogens is 450 g/mol. The quantitative estimate of drug-likeness (QED) is 0.477. The lowest BCUT2D eigenvalue weighted by atomic mass is 10.1. The normalized spacial score (nSPS) is 14.9.